The Labute approximate surface area is 152 Å². The van der Waals surface area contributed by atoms with Gasteiger partial charge < -0.3 is 10.3 Å². The Kier molecular flexibility index (Phi) is 4.45. The molecule has 0 bridgehead atoms. The second-order valence-corrected chi connectivity index (χ2v) is 6.95. The average Bonchev–Trinajstić information content (AvgIpc) is 3.04. The number of anilines is 1. The highest BCUT2D eigenvalue weighted by molar-refractivity contribution is 7.22. The molecule has 0 aliphatic heterocycles. The van der Waals surface area contributed by atoms with Gasteiger partial charge in [0.05, 0.1) is 21.1 Å². The highest BCUT2D eigenvalue weighted by atomic mass is 32.1. The monoisotopic (exact) mass is 364 g/mol. The van der Waals surface area contributed by atoms with Gasteiger partial charge in [-0.2, -0.15) is 0 Å². The number of H-pyrrole nitrogens is 1. The number of amides is 1. The topological polar surface area (TPSA) is 87.7 Å². The van der Waals surface area contributed by atoms with Crippen LogP contribution in [-0.2, 0) is 11.2 Å². The molecule has 0 fully saturated rings. The summed E-state index contributed by atoms with van der Waals surface area (Å²) in [4.78, 5) is 35.8. The second-order valence-electron chi connectivity index (χ2n) is 5.92. The third kappa shape index (κ3) is 3.48. The van der Waals surface area contributed by atoms with Crippen LogP contribution in [0.1, 0.15) is 18.7 Å². The lowest BCUT2D eigenvalue weighted by Crippen LogP contribution is -2.14. The number of carbonyl (C=O) groups excluding carboxylic acids is 1. The van der Waals surface area contributed by atoms with Crippen LogP contribution >= 0.6 is 11.3 Å². The lowest BCUT2D eigenvalue weighted by molar-refractivity contribution is -0.116. The van der Waals surface area contributed by atoms with E-state index in [1.165, 1.54) is 11.3 Å². The molecule has 0 saturated heterocycles. The zero-order valence-electron chi connectivity index (χ0n) is 13.9. The maximum absolute atomic E-state index is 12.1. The molecule has 0 radical (unpaired) electrons. The second kappa shape index (κ2) is 7.05. The molecule has 2 N–H and O–H groups in total. The molecule has 2 heterocycles. The summed E-state index contributed by atoms with van der Waals surface area (Å²) in [6, 6.07) is 15.0. The summed E-state index contributed by atoms with van der Waals surface area (Å²) >= 11 is 1.46. The molecular weight excluding hydrogens is 348 g/mol. The molecule has 6 nitrogen and oxygen atoms in total. The van der Waals surface area contributed by atoms with Gasteiger partial charge in [0.2, 0.25) is 5.91 Å². The molecule has 0 unspecified atom stereocenters. The molecule has 4 aromatic rings. The predicted molar refractivity (Wildman–Crippen MR) is 104 cm³/mol. The summed E-state index contributed by atoms with van der Waals surface area (Å²) in [5.41, 5.74) is 1.40. The van der Waals surface area contributed by atoms with Crippen LogP contribution in [0.25, 0.3) is 21.1 Å². The number of nitrogens with zero attached hydrogens (tertiary/aromatic N) is 2. The standard InChI is InChI=1S/C19H16N4O2S/c24-17(23-19-21-14-8-3-4-9-15(14)26-19)11-5-10-16-20-13-7-2-1-6-12(13)18(25)22-16/h1-4,6-9H,5,10-11H2,(H,20,22,25)(H,21,23,24). The van der Waals surface area contributed by atoms with E-state index in [-0.39, 0.29) is 11.5 Å². The minimum Gasteiger partial charge on any atom is -0.310 e. The van der Waals surface area contributed by atoms with E-state index in [1.807, 2.05) is 42.5 Å². The van der Waals surface area contributed by atoms with Gasteiger partial charge in [-0.25, -0.2) is 9.97 Å². The molecule has 0 spiro atoms. The molecule has 7 heteroatoms. The summed E-state index contributed by atoms with van der Waals surface area (Å²) in [5, 5.41) is 4.01. The molecule has 0 aliphatic rings. The van der Waals surface area contributed by atoms with Gasteiger partial charge >= 0.3 is 0 Å². The molecule has 0 aliphatic carbocycles. The highest BCUT2D eigenvalue weighted by Crippen LogP contribution is 2.25. The maximum atomic E-state index is 12.1. The first-order chi connectivity index (χ1) is 12.7. The third-order valence-electron chi connectivity index (χ3n) is 4.02. The van der Waals surface area contributed by atoms with Crippen molar-refractivity contribution in [3.05, 3.63) is 64.7 Å². The smallest absolute Gasteiger partial charge is 0.258 e. The SMILES string of the molecule is O=C(CCCc1nc2ccccc2c(=O)[nH]1)Nc1nc2ccccc2s1. The number of benzene rings is 2. The minimum atomic E-state index is -0.149. The fraction of sp³-hybridized carbons (Fsp3) is 0.158. The van der Waals surface area contributed by atoms with Crippen LogP contribution in [0.2, 0.25) is 0 Å². The number of nitrogens with one attached hydrogen (secondary N) is 2. The van der Waals surface area contributed by atoms with Crippen molar-refractivity contribution in [2.24, 2.45) is 0 Å². The Morgan fingerprint density at radius 1 is 1.04 bits per heavy atom. The number of para-hydroxylation sites is 2. The molecule has 4 rings (SSSR count). The zero-order valence-corrected chi connectivity index (χ0v) is 14.7. The molecular formula is C19H16N4O2S. The van der Waals surface area contributed by atoms with Crippen molar-refractivity contribution in [3.63, 3.8) is 0 Å². The van der Waals surface area contributed by atoms with E-state index in [4.69, 9.17) is 0 Å². The number of carbonyl (C=O) groups is 1. The van der Waals surface area contributed by atoms with Gasteiger partial charge in [-0.3, -0.25) is 9.59 Å². The summed E-state index contributed by atoms with van der Waals surface area (Å²) in [6.45, 7) is 0. The number of hydrogen-bond donors (Lipinski definition) is 2. The van der Waals surface area contributed by atoms with Crippen molar-refractivity contribution in [2.45, 2.75) is 19.3 Å². The Morgan fingerprint density at radius 3 is 2.65 bits per heavy atom. The van der Waals surface area contributed by atoms with Crippen molar-refractivity contribution < 1.29 is 4.79 Å². The fourth-order valence-corrected chi connectivity index (χ4v) is 3.66. The number of fused-ring (bicyclic) bond motifs is 2. The number of aromatic nitrogens is 3. The summed E-state index contributed by atoms with van der Waals surface area (Å²) in [5.74, 6) is 0.508. The molecule has 2 aromatic carbocycles. The summed E-state index contributed by atoms with van der Waals surface area (Å²) in [6.07, 6.45) is 1.47. The van der Waals surface area contributed by atoms with Crippen LogP contribution in [0.3, 0.4) is 0 Å². The van der Waals surface area contributed by atoms with Gasteiger partial charge in [0.1, 0.15) is 5.82 Å². The van der Waals surface area contributed by atoms with E-state index in [1.54, 1.807) is 6.07 Å². The van der Waals surface area contributed by atoms with Crippen LogP contribution in [0.4, 0.5) is 5.13 Å². The fourth-order valence-electron chi connectivity index (χ4n) is 2.78. The first-order valence-electron chi connectivity index (χ1n) is 8.32. The van der Waals surface area contributed by atoms with Crippen LogP contribution in [0, 0.1) is 0 Å². The molecule has 26 heavy (non-hydrogen) atoms. The van der Waals surface area contributed by atoms with E-state index in [0.29, 0.717) is 41.1 Å². The zero-order chi connectivity index (χ0) is 17.9. The summed E-state index contributed by atoms with van der Waals surface area (Å²) in [7, 11) is 0. The lowest BCUT2D eigenvalue weighted by atomic mass is 10.2. The van der Waals surface area contributed by atoms with Crippen molar-refractivity contribution in [1.29, 1.82) is 0 Å². The predicted octanol–water partition coefficient (Wildman–Crippen LogP) is 3.49. The van der Waals surface area contributed by atoms with Crippen LogP contribution < -0.4 is 10.9 Å². The molecule has 1 amide bonds. The molecule has 0 saturated carbocycles. The Morgan fingerprint density at radius 2 is 1.81 bits per heavy atom. The largest absolute Gasteiger partial charge is 0.310 e. The Balaban J connectivity index is 1.37. The number of thiazole rings is 1. The van der Waals surface area contributed by atoms with Crippen LogP contribution in [-0.4, -0.2) is 20.9 Å². The number of aryl methyl sites for hydroxylation is 1. The molecule has 130 valence electrons. The van der Waals surface area contributed by atoms with Gasteiger partial charge in [0.15, 0.2) is 5.13 Å². The van der Waals surface area contributed by atoms with Crippen LogP contribution in [0.5, 0.6) is 0 Å². The van der Waals surface area contributed by atoms with Crippen molar-refractivity contribution >= 4 is 43.5 Å². The van der Waals surface area contributed by atoms with Gasteiger partial charge in [-0.15, -0.1) is 0 Å². The number of rotatable bonds is 5. The first kappa shape index (κ1) is 16.4. The first-order valence-corrected chi connectivity index (χ1v) is 9.14. The van der Waals surface area contributed by atoms with E-state index in [9.17, 15) is 9.59 Å². The maximum Gasteiger partial charge on any atom is 0.258 e. The van der Waals surface area contributed by atoms with Crippen molar-refractivity contribution in [1.82, 2.24) is 15.0 Å². The van der Waals surface area contributed by atoms with E-state index in [2.05, 4.69) is 20.3 Å². The van der Waals surface area contributed by atoms with Gasteiger partial charge in [0, 0.05) is 12.8 Å². The van der Waals surface area contributed by atoms with Gasteiger partial charge in [0.25, 0.3) is 5.56 Å². The molecule has 0 atom stereocenters. The number of aromatic amines is 1. The van der Waals surface area contributed by atoms with E-state index >= 15 is 0 Å². The Hall–Kier alpha value is -3.06. The van der Waals surface area contributed by atoms with Crippen molar-refractivity contribution in [3.8, 4) is 0 Å². The average molecular weight is 364 g/mol. The quantitative estimate of drug-likeness (QED) is 0.567. The van der Waals surface area contributed by atoms with E-state index < -0.39 is 0 Å². The normalized spacial score (nSPS) is 11.1. The van der Waals surface area contributed by atoms with Crippen LogP contribution in [0.15, 0.2) is 53.3 Å². The Bertz CT molecular complexity index is 1120. The number of hydrogen-bond acceptors (Lipinski definition) is 5. The third-order valence-corrected chi connectivity index (χ3v) is 4.97. The summed E-state index contributed by atoms with van der Waals surface area (Å²) < 4.78 is 1.04. The lowest BCUT2D eigenvalue weighted by Gasteiger charge is -2.03. The highest BCUT2D eigenvalue weighted by Gasteiger charge is 2.09. The minimum absolute atomic E-state index is 0.0906. The van der Waals surface area contributed by atoms with Gasteiger partial charge in [-0.1, -0.05) is 35.6 Å². The van der Waals surface area contributed by atoms with Crippen molar-refractivity contribution in [2.75, 3.05) is 5.32 Å². The molecule has 2 aromatic heterocycles. The van der Waals surface area contributed by atoms with Gasteiger partial charge in [-0.05, 0) is 30.7 Å². The van der Waals surface area contributed by atoms with E-state index in [0.717, 1.165) is 10.2 Å².